The molecule has 1 fully saturated rings. The molecule has 62 valence electrons. The minimum Gasteiger partial charge on any atom is -0.314 e. The van der Waals surface area contributed by atoms with E-state index < -0.39 is 0 Å². The molecular formula is C7H17NOS. The molecule has 0 aromatic carbocycles. The largest absolute Gasteiger partial charge is 0.314 e. The summed E-state index contributed by atoms with van der Waals surface area (Å²) in [6.45, 7) is 6.09. The summed E-state index contributed by atoms with van der Waals surface area (Å²) in [6.07, 6.45) is 2.70. The maximum atomic E-state index is 4.82. The van der Waals surface area contributed by atoms with Crippen LogP contribution in [0.25, 0.3) is 0 Å². The van der Waals surface area contributed by atoms with Crippen molar-refractivity contribution in [2.45, 2.75) is 32.8 Å². The Morgan fingerprint density at radius 3 is 2.50 bits per heavy atom. The maximum Gasteiger partial charge on any atom is 0.0843 e. The second-order valence-corrected chi connectivity index (χ2v) is 2.28. The lowest BCUT2D eigenvalue weighted by atomic mass is 10.1. The Kier molecular flexibility index (Phi) is 7.58. The number of hydrogen-bond acceptors (Lipinski definition) is 3. The molecule has 0 aromatic heterocycles. The highest BCUT2D eigenvalue weighted by molar-refractivity contribution is 7.75. The molecule has 0 radical (unpaired) electrons. The van der Waals surface area contributed by atoms with E-state index in [-0.39, 0.29) is 0 Å². The zero-order valence-electron chi connectivity index (χ0n) is 6.76. The zero-order valence-corrected chi connectivity index (χ0v) is 7.66. The summed E-state index contributed by atoms with van der Waals surface area (Å²) in [5, 5.41) is 3.21. The lowest BCUT2D eigenvalue weighted by Gasteiger charge is -2.19. The van der Waals surface area contributed by atoms with Crippen LogP contribution < -0.4 is 5.32 Å². The number of hydrogen-bond donors (Lipinski definition) is 2. The van der Waals surface area contributed by atoms with E-state index in [1.807, 2.05) is 13.8 Å². The van der Waals surface area contributed by atoms with Crippen molar-refractivity contribution >= 4 is 12.9 Å². The first-order valence-electron chi connectivity index (χ1n) is 3.94. The van der Waals surface area contributed by atoms with E-state index in [0.29, 0.717) is 6.10 Å². The normalized spacial score (nSPS) is 24.9. The standard InChI is InChI=1S/C5H11NOS.C2H6/c8-7-5-2-1-3-6-4-5;1-2/h5-6,8H,1-4H2;1-2H3. The van der Waals surface area contributed by atoms with Crippen LogP contribution >= 0.6 is 12.9 Å². The highest BCUT2D eigenvalue weighted by atomic mass is 32.1. The average molecular weight is 163 g/mol. The van der Waals surface area contributed by atoms with Crippen molar-refractivity contribution in [3.05, 3.63) is 0 Å². The van der Waals surface area contributed by atoms with Gasteiger partial charge in [0.1, 0.15) is 0 Å². The minimum absolute atomic E-state index is 0.340. The summed E-state index contributed by atoms with van der Waals surface area (Å²) in [6, 6.07) is 0. The topological polar surface area (TPSA) is 21.3 Å². The van der Waals surface area contributed by atoms with Gasteiger partial charge < -0.3 is 9.50 Å². The highest BCUT2D eigenvalue weighted by Gasteiger charge is 2.10. The van der Waals surface area contributed by atoms with Crippen LogP contribution in [0.1, 0.15) is 26.7 Å². The van der Waals surface area contributed by atoms with Crippen molar-refractivity contribution in [3.8, 4) is 0 Å². The Morgan fingerprint density at radius 1 is 1.50 bits per heavy atom. The van der Waals surface area contributed by atoms with Gasteiger partial charge in [0.05, 0.1) is 6.10 Å². The van der Waals surface area contributed by atoms with Crippen LogP contribution in [-0.4, -0.2) is 19.2 Å². The Bertz CT molecular complexity index is 64.6. The second-order valence-electron chi connectivity index (χ2n) is 2.07. The van der Waals surface area contributed by atoms with Crippen LogP contribution in [0.2, 0.25) is 0 Å². The molecular weight excluding hydrogens is 146 g/mol. The fraction of sp³-hybridized carbons (Fsp3) is 1.00. The quantitative estimate of drug-likeness (QED) is 0.453. The second kappa shape index (κ2) is 7.38. The number of rotatable bonds is 1. The van der Waals surface area contributed by atoms with E-state index in [1.54, 1.807) is 0 Å². The zero-order chi connectivity index (χ0) is 7.82. The molecule has 1 aliphatic heterocycles. The van der Waals surface area contributed by atoms with Crippen molar-refractivity contribution in [2.24, 2.45) is 0 Å². The molecule has 1 saturated heterocycles. The van der Waals surface area contributed by atoms with Crippen molar-refractivity contribution in [3.63, 3.8) is 0 Å². The Morgan fingerprint density at radius 2 is 2.20 bits per heavy atom. The highest BCUT2D eigenvalue weighted by Crippen LogP contribution is 2.06. The van der Waals surface area contributed by atoms with Gasteiger partial charge in [0, 0.05) is 6.54 Å². The summed E-state index contributed by atoms with van der Waals surface area (Å²) < 4.78 is 4.82. The molecule has 0 aliphatic carbocycles. The van der Waals surface area contributed by atoms with Crippen LogP contribution in [0.15, 0.2) is 0 Å². The SMILES string of the molecule is CC.SOC1CCCNC1. The van der Waals surface area contributed by atoms with Crippen molar-refractivity contribution < 1.29 is 4.18 Å². The summed E-state index contributed by atoms with van der Waals surface area (Å²) in [5.41, 5.74) is 0. The van der Waals surface area contributed by atoms with Gasteiger partial charge in [0.25, 0.3) is 0 Å². The Labute approximate surface area is 69.0 Å². The molecule has 1 N–H and O–H groups in total. The Balaban J connectivity index is 0.000000371. The number of nitrogens with one attached hydrogen (secondary N) is 1. The lowest BCUT2D eigenvalue weighted by Crippen LogP contribution is -2.33. The Hall–Kier alpha value is 0.270. The van der Waals surface area contributed by atoms with Gasteiger partial charge in [-0.1, -0.05) is 13.8 Å². The molecule has 1 aliphatic rings. The lowest BCUT2D eigenvalue weighted by molar-refractivity contribution is 0.203. The molecule has 0 amide bonds. The summed E-state index contributed by atoms with van der Waals surface area (Å²) >= 11 is 3.72. The van der Waals surface area contributed by atoms with E-state index in [4.69, 9.17) is 4.18 Å². The van der Waals surface area contributed by atoms with E-state index in [9.17, 15) is 0 Å². The first-order chi connectivity index (χ1) is 4.93. The average Bonchev–Trinajstić information content (AvgIpc) is 2.10. The molecule has 1 rings (SSSR count). The fourth-order valence-corrected chi connectivity index (χ4v) is 1.09. The monoisotopic (exact) mass is 163 g/mol. The van der Waals surface area contributed by atoms with E-state index in [1.165, 1.54) is 6.42 Å². The van der Waals surface area contributed by atoms with Gasteiger partial charge in [0.15, 0.2) is 0 Å². The van der Waals surface area contributed by atoms with Crippen LogP contribution in [0, 0.1) is 0 Å². The van der Waals surface area contributed by atoms with Gasteiger partial charge in [-0.05, 0) is 32.3 Å². The van der Waals surface area contributed by atoms with Crippen molar-refractivity contribution in [2.75, 3.05) is 13.1 Å². The molecule has 1 unspecified atom stereocenters. The van der Waals surface area contributed by atoms with Crippen LogP contribution in [0.5, 0.6) is 0 Å². The molecule has 1 heterocycles. The first kappa shape index (κ1) is 10.3. The minimum atomic E-state index is 0.340. The molecule has 10 heavy (non-hydrogen) atoms. The third-order valence-electron chi connectivity index (χ3n) is 1.40. The summed E-state index contributed by atoms with van der Waals surface area (Å²) in [5.74, 6) is 0. The van der Waals surface area contributed by atoms with E-state index >= 15 is 0 Å². The number of thiol groups is 1. The number of piperidine rings is 1. The maximum absolute atomic E-state index is 4.82. The molecule has 0 spiro atoms. The van der Waals surface area contributed by atoms with Crippen LogP contribution in [-0.2, 0) is 4.18 Å². The van der Waals surface area contributed by atoms with Gasteiger partial charge in [-0.2, -0.15) is 0 Å². The smallest absolute Gasteiger partial charge is 0.0843 e. The van der Waals surface area contributed by atoms with Gasteiger partial charge >= 0.3 is 0 Å². The van der Waals surface area contributed by atoms with Crippen molar-refractivity contribution in [1.82, 2.24) is 5.32 Å². The molecule has 0 bridgehead atoms. The fourth-order valence-electron chi connectivity index (χ4n) is 0.910. The van der Waals surface area contributed by atoms with Crippen LogP contribution in [0.4, 0.5) is 0 Å². The van der Waals surface area contributed by atoms with E-state index in [2.05, 4.69) is 18.2 Å². The van der Waals surface area contributed by atoms with Gasteiger partial charge in [-0.3, -0.25) is 0 Å². The predicted octanol–water partition coefficient (Wildman–Crippen LogP) is 1.63. The predicted molar refractivity (Wildman–Crippen MR) is 47.3 cm³/mol. The van der Waals surface area contributed by atoms with Gasteiger partial charge in [-0.25, -0.2) is 0 Å². The van der Waals surface area contributed by atoms with E-state index in [0.717, 1.165) is 19.5 Å². The molecule has 0 saturated carbocycles. The molecule has 0 aromatic rings. The van der Waals surface area contributed by atoms with Crippen LogP contribution in [0.3, 0.4) is 0 Å². The molecule has 3 heteroatoms. The summed E-state index contributed by atoms with van der Waals surface area (Å²) in [4.78, 5) is 0. The van der Waals surface area contributed by atoms with Crippen molar-refractivity contribution in [1.29, 1.82) is 0 Å². The first-order valence-corrected chi connectivity index (χ1v) is 4.31. The molecule has 2 nitrogen and oxygen atoms in total. The third-order valence-corrected chi connectivity index (χ3v) is 1.70. The van der Waals surface area contributed by atoms with Gasteiger partial charge in [0.2, 0.25) is 0 Å². The molecule has 1 atom stereocenters. The van der Waals surface area contributed by atoms with Gasteiger partial charge in [-0.15, -0.1) is 0 Å². The third kappa shape index (κ3) is 4.14. The summed E-state index contributed by atoms with van der Waals surface area (Å²) in [7, 11) is 0.